The van der Waals surface area contributed by atoms with Crippen molar-refractivity contribution in [2.45, 2.75) is 0 Å². The van der Waals surface area contributed by atoms with Crippen LogP contribution in [0.1, 0.15) is 5.56 Å². The molecule has 0 aliphatic heterocycles. The third-order valence-corrected chi connectivity index (χ3v) is 2.34. The Labute approximate surface area is 101 Å². The molecule has 2 N–H and O–H groups in total. The zero-order chi connectivity index (χ0) is 11.9. The highest BCUT2D eigenvalue weighted by Crippen LogP contribution is 2.10. The van der Waals surface area contributed by atoms with Gasteiger partial charge in [0, 0.05) is 11.9 Å². The molecule has 0 spiro atoms. The van der Waals surface area contributed by atoms with Gasteiger partial charge >= 0.3 is 0 Å². The van der Waals surface area contributed by atoms with Crippen LogP contribution in [0.4, 0.5) is 5.69 Å². The fourth-order valence-corrected chi connectivity index (χ4v) is 1.44. The average Bonchev–Trinajstić information content (AvgIpc) is 2.41. The van der Waals surface area contributed by atoms with Gasteiger partial charge in [-0.3, -0.25) is 4.99 Å². The van der Waals surface area contributed by atoms with Crippen LogP contribution >= 0.6 is 0 Å². The van der Waals surface area contributed by atoms with Crippen LogP contribution in [-0.2, 0) is 0 Å². The maximum atomic E-state index is 5.93. The van der Waals surface area contributed by atoms with Gasteiger partial charge in [-0.15, -0.1) is 0 Å². The van der Waals surface area contributed by atoms with Gasteiger partial charge in [0.2, 0.25) is 0 Å². The summed E-state index contributed by atoms with van der Waals surface area (Å²) in [6.07, 6.45) is 3.53. The first kappa shape index (κ1) is 11.1. The Kier molecular flexibility index (Phi) is 3.71. The van der Waals surface area contributed by atoms with Gasteiger partial charge in [-0.25, -0.2) is 0 Å². The first-order valence-corrected chi connectivity index (χ1v) is 5.46. The second-order valence-electron chi connectivity index (χ2n) is 3.60. The Morgan fingerprint density at radius 2 is 1.47 bits per heavy atom. The lowest BCUT2D eigenvalue weighted by Crippen LogP contribution is -1.95. The van der Waals surface area contributed by atoms with E-state index in [0.717, 1.165) is 11.3 Å². The minimum atomic E-state index is 0.713. The van der Waals surface area contributed by atoms with E-state index in [2.05, 4.69) is 4.99 Å². The van der Waals surface area contributed by atoms with E-state index in [1.165, 1.54) is 0 Å². The molecule has 0 unspecified atom stereocenters. The lowest BCUT2D eigenvalue weighted by molar-refractivity contribution is 1.51. The van der Waals surface area contributed by atoms with Crippen LogP contribution in [0.25, 0.3) is 5.70 Å². The zero-order valence-electron chi connectivity index (χ0n) is 9.45. The van der Waals surface area contributed by atoms with Gasteiger partial charge in [-0.1, -0.05) is 48.5 Å². The third-order valence-electron chi connectivity index (χ3n) is 2.34. The molecule has 0 radical (unpaired) electrons. The largest absolute Gasteiger partial charge is 0.398 e. The molecule has 0 heterocycles. The van der Waals surface area contributed by atoms with Crippen molar-refractivity contribution < 1.29 is 0 Å². The smallest absolute Gasteiger partial charge is 0.0629 e. The van der Waals surface area contributed by atoms with E-state index in [1.807, 2.05) is 66.7 Å². The number of hydrogen-bond acceptors (Lipinski definition) is 2. The van der Waals surface area contributed by atoms with Crippen LogP contribution in [0.2, 0.25) is 0 Å². The van der Waals surface area contributed by atoms with Crippen LogP contribution in [-0.4, -0.2) is 6.21 Å². The van der Waals surface area contributed by atoms with Crippen molar-refractivity contribution in [3.63, 3.8) is 0 Å². The average molecular weight is 222 g/mol. The topological polar surface area (TPSA) is 38.4 Å². The second kappa shape index (κ2) is 5.66. The summed E-state index contributed by atoms with van der Waals surface area (Å²) in [6.45, 7) is 0. The molecule has 2 heteroatoms. The Bertz CT molecular complexity index is 513. The predicted octanol–water partition coefficient (Wildman–Crippen LogP) is 3.39. The Morgan fingerprint density at radius 3 is 2.12 bits per heavy atom. The predicted molar refractivity (Wildman–Crippen MR) is 73.2 cm³/mol. The minimum absolute atomic E-state index is 0.713. The van der Waals surface area contributed by atoms with Crippen LogP contribution in [0.5, 0.6) is 0 Å². The molecular formula is C15H14N2. The van der Waals surface area contributed by atoms with E-state index in [4.69, 9.17) is 5.73 Å². The van der Waals surface area contributed by atoms with Crippen molar-refractivity contribution in [3.8, 4) is 0 Å². The first-order valence-electron chi connectivity index (χ1n) is 5.46. The van der Waals surface area contributed by atoms with Gasteiger partial charge in [-0.05, 0) is 23.8 Å². The maximum Gasteiger partial charge on any atom is 0.0629 e. The van der Waals surface area contributed by atoms with Crippen LogP contribution < -0.4 is 5.73 Å². The molecule has 2 aromatic carbocycles. The highest BCUT2D eigenvalue weighted by atomic mass is 14.7. The number of benzene rings is 2. The summed E-state index contributed by atoms with van der Waals surface area (Å²) in [4.78, 5) is 4.29. The van der Waals surface area contributed by atoms with Crippen molar-refractivity contribution in [3.05, 3.63) is 72.3 Å². The molecule has 0 aliphatic rings. The molecule has 2 nitrogen and oxygen atoms in total. The number of nitrogens with two attached hydrogens (primary N) is 1. The molecular weight excluding hydrogens is 208 g/mol. The van der Waals surface area contributed by atoms with Gasteiger partial charge in [0.25, 0.3) is 0 Å². The standard InChI is InChI=1S/C15H14N2/c16-15(13-7-3-1-4-8-13)11-12-17-14-9-5-2-6-10-14/h1-12H,16H2/b15-11-,17-12?. The Morgan fingerprint density at radius 1 is 0.882 bits per heavy atom. The number of aliphatic imine (C=N–C) groups is 1. The van der Waals surface area contributed by atoms with Crippen molar-refractivity contribution in [1.82, 2.24) is 0 Å². The van der Waals surface area contributed by atoms with Gasteiger partial charge in [0.1, 0.15) is 0 Å². The normalized spacial score (nSPS) is 11.9. The van der Waals surface area contributed by atoms with E-state index in [1.54, 1.807) is 6.21 Å². The van der Waals surface area contributed by atoms with E-state index >= 15 is 0 Å². The first-order chi connectivity index (χ1) is 8.36. The van der Waals surface area contributed by atoms with Gasteiger partial charge in [0.15, 0.2) is 0 Å². The molecule has 17 heavy (non-hydrogen) atoms. The van der Waals surface area contributed by atoms with E-state index in [0.29, 0.717) is 5.70 Å². The summed E-state index contributed by atoms with van der Waals surface area (Å²) in [5.41, 5.74) is 8.57. The summed E-state index contributed by atoms with van der Waals surface area (Å²) < 4.78 is 0. The van der Waals surface area contributed by atoms with Crippen LogP contribution in [0.15, 0.2) is 71.7 Å². The number of allylic oxidation sites excluding steroid dienone is 1. The number of para-hydroxylation sites is 1. The number of nitrogens with zero attached hydrogens (tertiary/aromatic N) is 1. The summed E-state index contributed by atoms with van der Waals surface area (Å²) in [5.74, 6) is 0. The van der Waals surface area contributed by atoms with Gasteiger partial charge in [-0.2, -0.15) is 0 Å². The maximum absolute atomic E-state index is 5.93. The molecule has 0 saturated carbocycles. The van der Waals surface area contributed by atoms with Gasteiger partial charge < -0.3 is 5.73 Å². The molecule has 0 fully saturated rings. The lowest BCUT2D eigenvalue weighted by Gasteiger charge is -1.98. The highest BCUT2D eigenvalue weighted by molar-refractivity contribution is 5.84. The SMILES string of the molecule is N/C(=C\C=Nc1ccccc1)c1ccccc1. The van der Waals surface area contributed by atoms with Gasteiger partial charge in [0.05, 0.1) is 5.69 Å². The quantitative estimate of drug-likeness (QED) is 0.794. The second-order valence-corrected chi connectivity index (χ2v) is 3.60. The van der Waals surface area contributed by atoms with Crippen molar-refractivity contribution in [1.29, 1.82) is 0 Å². The van der Waals surface area contributed by atoms with E-state index in [-0.39, 0.29) is 0 Å². The molecule has 0 amide bonds. The lowest BCUT2D eigenvalue weighted by atomic mass is 10.1. The van der Waals surface area contributed by atoms with Crippen molar-refractivity contribution in [2.75, 3.05) is 0 Å². The van der Waals surface area contributed by atoms with E-state index < -0.39 is 0 Å². The molecule has 2 aromatic rings. The highest BCUT2D eigenvalue weighted by Gasteiger charge is 1.91. The summed E-state index contributed by atoms with van der Waals surface area (Å²) in [6, 6.07) is 19.6. The molecule has 2 rings (SSSR count). The summed E-state index contributed by atoms with van der Waals surface area (Å²) in [5, 5.41) is 0. The van der Waals surface area contributed by atoms with Crippen molar-refractivity contribution in [2.24, 2.45) is 10.7 Å². The molecule has 0 aromatic heterocycles. The molecule has 0 atom stereocenters. The molecule has 84 valence electrons. The Balaban J connectivity index is 2.09. The number of hydrogen-bond donors (Lipinski definition) is 1. The number of rotatable bonds is 3. The fraction of sp³-hybridized carbons (Fsp3) is 0. The van der Waals surface area contributed by atoms with E-state index in [9.17, 15) is 0 Å². The summed E-state index contributed by atoms with van der Waals surface area (Å²) >= 11 is 0. The summed E-state index contributed by atoms with van der Waals surface area (Å²) in [7, 11) is 0. The minimum Gasteiger partial charge on any atom is -0.398 e. The Hall–Kier alpha value is -2.35. The third kappa shape index (κ3) is 3.31. The monoisotopic (exact) mass is 222 g/mol. The zero-order valence-corrected chi connectivity index (χ0v) is 9.45. The fourth-order valence-electron chi connectivity index (χ4n) is 1.44. The van der Waals surface area contributed by atoms with Crippen LogP contribution in [0.3, 0.4) is 0 Å². The molecule has 0 aliphatic carbocycles. The van der Waals surface area contributed by atoms with Crippen LogP contribution in [0, 0.1) is 0 Å². The van der Waals surface area contributed by atoms with Crippen molar-refractivity contribution >= 4 is 17.6 Å². The molecule has 0 saturated heterocycles. The molecule has 0 bridgehead atoms.